The molecule has 4 nitrogen and oxygen atoms in total. The summed E-state index contributed by atoms with van der Waals surface area (Å²) >= 11 is 1.44. The van der Waals surface area contributed by atoms with E-state index < -0.39 is 0 Å². The Morgan fingerprint density at radius 2 is 2.53 bits per heavy atom. The second kappa shape index (κ2) is 5.04. The first-order valence-electron chi connectivity index (χ1n) is 4.92. The van der Waals surface area contributed by atoms with E-state index in [1.165, 1.54) is 17.1 Å². The van der Waals surface area contributed by atoms with Crippen molar-refractivity contribution in [1.29, 1.82) is 0 Å². The highest BCUT2D eigenvalue weighted by molar-refractivity contribution is 7.05. The lowest BCUT2D eigenvalue weighted by Crippen LogP contribution is -2.21. The highest BCUT2D eigenvalue weighted by atomic mass is 32.1. The predicted octanol–water partition coefficient (Wildman–Crippen LogP) is 2.02. The third-order valence-electron chi connectivity index (χ3n) is 2.19. The zero-order valence-electron chi connectivity index (χ0n) is 8.51. The van der Waals surface area contributed by atoms with E-state index in [1.54, 1.807) is 12.5 Å². The van der Waals surface area contributed by atoms with Crippen LogP contribution in [0.1, 0.15) is 23.4 Å². The molecule has 1 N–H and O–H groups in total. The molecule has 0 bridgehead atoms. The average Bonchev–Trinajstić information content (AvgIpc) is 2.89. The molecule has 1 atom stereocenters. The molecule has 2 aromatic heterocycles. The smallest absolute Gasteiger partial charge is 0.0935 e. The van der Waals surface area contributed by atoms with Crippen molar-refractivity contribution >= 4 is 11.5 Å². The number of hydrogen-bond donors (Lipinski definition) is 1. The van der Waals surface area contributed by atoms with Crippen LogP contribution in [0.3, 0.4) is 0 Å². The number of nitrogens with zero attached hydrogens (tertiary/aromatic N) is 2. The normalized spacial score (nSPS) is 12.9. The minimum atomic E-state index is 0.285. The SMILES string of the molecule is CCNC(Cc1ccoc1)c1cnns1. The van der Waals surface area contributed by atoms with Crippen molar-refractivity contribution in [3.05, 3.63) is 35.2 Å². The maximum Gasteiger partial charge on any atom is 0.0935 e. The summed E-state index contributed by atoms with van der Waals surface area (Å²) in [7, 11) is 0. The van der Waals surface area contributed by atoms with Crippen molar-refractivity contribution in [3.8, 4) is 0 Å². The van der Waals surface area contributed by atoms with Crippen LogP contribution < -0.4 is 5.32 Å². The van der Waals surface area contributed by atoms with E-state index >= 15 is 0 Å². The van der Waals surface area contributed by atoms with Crippen molar-refractivity contribution < 1.29 is 4.42 Å². The second-order valence-corrected chi connectivity index (χ2v) is 4.08. The Labute approximate surface area is 92.5 Å². The van der Waals surface area contributed by atoms with Crippen LogP contribution in [-0.4, -0.2) is 16.1 Å². The fraction of sp³-hybridized carbons (Fsp3) is 0.400. The van der Waals surface area contributed by atoms with Crippen LogP contribution in [0.5, 0.6) is 0 Å². The monoisotopic (exact) mass is 223 g/mol. The van der Waals surface area contributed by atoms with E-state index in [4.69, 9.17) is 4.42 Å². The molecule has 0 aliphatic heterocycles. The first kappa shape index (κ1) is 10.3. The van der Waals surface area contributed by atoms with Crippen LogP contribution in [0.4, 0.5) is 0 Å². The first-order chi connectivity index (χ1) is 7.40. The summed E-state index contributed by atoms with van der Waals surface area (Å²) in [6, 6.07) is 2.27. The summed E-state index contributed by atoms with van der Waals surface area (Å²) in [5.74, 6) is 0. The van der Waals surface area contributed by atoms with Crippen LogP contribution in [0.2, 0.25) is 0 Å². The zero-order valence-corrected chi connectivity index (χ0v) is 9.33. The third-order valence-corrected chi connectivity index (χ3v) is 2.97. The summed E-state index contributed by atoms with van der Waals surface area (Å²) in [5.41, 5.74) is 1.19. The molecule has 0 aliphatic carbocycles. The molecule has 0 fully saturated rings. The van der Waals surface area contributed by atoms with Crippen molar-refractivity contribution in [1.82, 2.24) is 14.9 Å². The molecule has 0 aromatic carbocycles. The standard InChI is InChI=1S/C10H13N3OS/c1-2-11-9(10-6-12-13-15-10)5-8-3-4-14-7-8/h3-4,6-7,9,11H,2,5H2,1H3. The van der Waals surface area contributed by atoms with Crippen LogP contribution in [0.15, 0.2) is 29.2 Å². The van der Waals surface area contributed by atoms with Crippen molar-refractivity contribution in [2.24, 2.45) is 0 Å². The minimum absolute atomic E-state index is 0.285. The van der Waals surface area contributed by atoms with Gasteiger partial charge in [-0.3, -0.25) is 0 Å². The molecular weight excluding hydrogens is 210 g/mol. The molecule has 0 saturated heterocycles. The summed E-state index contributed by atoms with van der Waals surface area (Å²) in [4.78, 5) is 1.16. The Hall–Kier alpha value is -1.20. The summed E-state index contributed by atoms with van der Waals surface area (Å²) < 4.78 is 8.94. The van der Waals surface area contributed by atoms with Gasteiger partial charge in [-0.05, 0) is 36.1 Å². The van der Waals surface area contributed by atoms with E-state index in [1.807, 2.05) is 12.3 Å². The molecule has 0 aliphatic rings. The topological polar surface area (TPSA) is 51.0 Å². The number of rotatable bonds is 5. The van der Waals surface area contributed by atoms with Gasteiger partial charge in [-0.15, -0.1) is 5.10 Å². The van der Waals surface area contributed by atoms with Gasteiger partial charge in [-0.2, -0.15) is 0 Å². The maximum absolute atomic E-state index is 5.06. The van der Waals surface area contributed by atoms with Crippen molar-refractivity contribution in [2.75, 3.05) is 6.54 Å². The fourth-order valence-electron chi connectivity index (χ4n) is 1.49. The molecule has 2 heterocycles. The Morgan fingerprint density at radius 3 is 3.13 bits per heavy atom. The van der Waals surface area contributed by atoms with Gasteiger partial charge >= 0.3 is 0 Å². The van der Waals surface area contributed by atoms with Gasteiger partial charge in [0.2, 0.25) is 0 Å². The van der Waals surface area contributed by atoms with Gasteiger partial charge in [-0.1, -0.05) is 11.4 Å². The quantitative estimate of drug-likeness (QED) is 0.842. The number of likely N-dealkylation sites (N-methyl/N-ethyl adjacent to an activating group) is 1. The number of furan rings is 1. The summed E-state index contributed by atoms with van der Waals surface area (Å²) in [5, 5.41) is 7.27. The average molecular weight is 223 g/mol. The summed E-state index contributed by atoms with van der Waals surface area (Å²) in [6.07, 6.45) is 6.20. The van der Waals surface area contributed by atoms with Crippen LogP contribution >= 0.6 is 11.5 Å². The Bertz CT molecular complexity index is 371. The molecule has 1 unspecified atom stereocenters. The second-order valence-electron chi connectivity index (χ2n) is 3.27. The lowest BCUT2D eigenvalue weighted by molar-refractivity contribution is 0.539. The van der Waals surface area contributed by atoms with Crippen LogP contribution in [-0.2, 0) is 6.42 Å². The van der Waals surface area contributed by atoms with E-state index in [0.717, 1.165) is 17.8 Å². The molecule has 5 heteroatoms. The van der Waals surface area contributed by atoms with E-state index in [0.29, 0.717) is 0 Å². The molecular formula is C10H13N3OS. The fourth-order valence-corrected chi connectivity index (χ4v) is 2.07. The maximum atomic E-state index is 5.06. The van der Waals surface area contributed by atoms with Gasteiger partial charge in [-0.25, -0.2) is 0 Å². The minimum Gasteiger partial charge on any atom is -0.472 e. The molecule has 15 heavy (non-hydrogen) atoms. The number of hydrogen-bond acceptors (Lipinski definition) is 5. The van der Waals surface area contributed by atoms with Gasteiger partial charge in [0.1, 0.15) is 0 Å². The zero-order chi connectivity index (χ0) is 10.5. The number of aromatic nitrogens is 2. The van der Waals surface area contributed by atoms with E-state index in [-0.39, 0.29) is 6.04 Å². The Balaban J connectivity index is 2.07. The van der Waals surface area contributed by atoms with E-state index in [2.05, 4.69) is 21.8 Å². The van der Waals surface area contributed by atoms with Crippen molar-refractivity contribution in [3.63, 3.8) is 0 Å². The lowest BCUT2D eigenvalue weighted by atomic mass is 10.1. The third kappa shape index (κ3) is 2.64. The Kier molecular flexibility index (Phi) is 3.47. The molecule has 0 radical (unpaired) electrons. The van der Waals surface area contributed by atoms with Gasteiger partial charge in [0.15, 0.2) is 0 Å². The first-order valence-corrected chi connectivity index (χ1v) is 5.69. The van der Waals surface area contributed by atoms with Crippen LogP contribution in [0, 0.1) is 0 Å². The molecule has 2 aromatic rings. The molecule has 0 amide bonds. The largest absolute Gasteiger partial charge is 0.472 e. The predicted molar refractivity (Wildman–Crippen MR) is 58.7 cm³/mol. The molecule has 80 valence electrons. The molecule has 2 rings (SSSR count). The highest BCUT2D eigenvalue weighted by Crippen LogP contribution is 2.20. The van der Waals surface area contributed by atoms with Crippen LogP contribution in [0.25, 0.3) is 0 Å². The Morgan fingerprint density at radius 1 is 1.60 bits per heavy atom. The number of nitrogens with one attached hydrogen (secondary N) is 1. The van der Waals surface area contributed by atoms with E-state index in [9.17, 15) is 0 Å². The van der Waals surface area contributed by atoms with Crippen molar-refractivity contribution in [2.45, 2.75) is 19.4 Å². The van der Waals surface area contributed by atoms with Gasteiger partial charge in [0, 0.05) is 6.04 Å². The van der Waals surface area contributed by atoms with Gasteiger partial charge in [0.25, 0.3) is 0 Å². The van der Waals surface area contributed by atoms with Gasteiger partial charge < -0.3 is 9.73 Å². The van der Waals surface area contributed by atoms with Gasteiger partial charge in [0.05, 0.1) is 23.6 Å². The molecule has 0 spiro atoms. The highest BCUT2D eigenvalue weighted by Gasteiger charge is 2.13. The molecule has 0 saturated carbocycles. The summed E-state index contributed by atoms with van der Waals surface area (Å²) in [6.45, 7) is 3.03. The lowest BCUT2D eigenvalue weighted by Gasteiger charge is -2.13.